The molecule has 2 nitrogen and oxygen atoms in total. The van der Waals surface area contributed by atoms with Crippen LogP contribution in [0.4, 0.5) is 0 Å². The highest BCUT2D eigenvalue weighted by Crippen LogP contribution is 2.26. The maximum atomic E-state index is 13.5. The fourth-order valence-electron chi connectivity index (χ4n) is 5.04. The Morgan fingerprint density at radius 3 is 2.14 bits per heavy atom. The van der Waals surface area contributed by atoms with Gasteiger partial charge in [-0.25, -0.2) is 0 Å². The number of nitrogens with zero attached hydrogens (tertiary/aromatic N) is 1. The van der Waals surface area contributed by atoms with Crippen molar-refractivity contribution < 1.29 is 0 Å². The molecule has 4 aromatic rings. The van der Waals surface area contributed by atoms with Gasteiger partial charge in [-0.2, -0.15) is 0 Å². The van der Waals surface area contributed by atoms with E-state index in [2.05, 4.69) is 86.6 Å². The molecule has 0 spiro atoms. The summed E-state index contributed by atoms with van der Waals surface area (Å²) < 4.78 is 2.00. The van der Waals surface area contributed by atoms with E-state index in [4.69, 9.17) is 0 Å². The van der Waals surface area contributed by atoms with E-state index in [0.717, 1.165) is 47.9 Å². The third kappa shape index (κ3) is 6.19. The first-order valence-electron chi connectivity index (χ1n) is 13.0. The van der Waals surface area contributed by atoms with Gasteiger partial charge in [0.2, 0.25) is 0 Å². The molecule has 0 amide bonds. The van der Waals surface area contributed by atoms with Gasteiger partial charge in [0.05, 0.1) is 0 Å². The highest BCUT2D eigenvalue weighted by molar-refractivity contribution is 5.72. The summed E-state index contributed by atoms with van der Waals surface area (Å²) in [6.45, 7) is 4.46. The Hall–Kier alpha value is -3.39. The van der Waals surface area contributed by atoms with E-state index >= 15 is 0 Å². The van der Waals surface area contributed by atoms with Gasteiger partial charge in [0, 0.05) is 30.6 Å². The predicted molar refractivity (Wildman–Crippen MR) is 149 cm³/mol. The summed E-state index contributed by atoms with van der Waals surface area (Å²) in [6, 6.07) is 27.9. The Kier molecular flexibility index (Phi) is 8.36. The van der Waals surface area contributed by atoms with Crippen LogP contribution in [-0.4, -0.2) is 4.57 Å². The third-order valence-electron chi connectivity index (χ3n) is 6.98. The molecular formula is C33H37NO. The van der Waals surface area contributed by atoms with Crippen molar-refractivity contribution in [3.63, 3.8) is 0 Å². The van der Waals surface area contributed by atoms with E-state index in [0.29, 0.717) is 5.92 Å². The van der Waals surface area contributed by atoms with Crippen molar-refractivity contribution >= 4 is 0 Å². The second-order valence-corrected chi connectivity index (χ2v) is 9.64. The fraction of sp³-hybridized carbons (Fsp3) is 0.303. The Labute approximate surface area is 210 Å². The molecule has 0 aliphatic heterocycles. The summed E-state index contributed by atoms with van der Waals surface area (Å²) in [5.74, 6) is 0.622. The van der Waals surface area contributed by atoms with Crippen LogP contribution < -0.4 is 5.43 Å². The quantitative estimate of drug-likeness (QED) is 0.232. The summed E-state index contributed by atoms with van der Waals surface area (Å²) in [6.07, 6.45) is 10.6. The molecule has 1 atom stereocenters. The molecule has 0 fully saturated rings. The molecule has 1 unspecified atom stereocenters. The Bertz CT molecular complexity index is 1280. The number of hydrogen-bond acceptors (Lipinski definition) is 1. The zero-order valence-electron chi connectivity index (χ0n) is 21.3. The zero-order valence-corrected chi connectivity index (χ0v) is 21.3. The first-order valence-corrected chi connectivity index (χ1v) is 13.0. The second-order valence-electron chi connectivity index (χ2n) is 9.64. The molecular weight excluding hydrogens is 426 g/mol. The van der Waals surface area contributed by atoms with E-state index in [1.165, 1.54) is 29.5 Å². The van der Waals surface area contributed by atoms with Crippen molar-refractivity contribution in [2.24, 2.45) is 7.05 Å². The zero-order chi connectivity index (χ0) is 24.6. The molecule has 0 aliphatic rings. The maximum absolute atomic E-state index is 13.5. The Morgan fingerprint density at radius 1 is 0.743 bits per heavy atom. The average molecular weight is 464 g/mol. The smallest absolute Gasteiger partial charge is 0.197 e. The first-order chi connectivity index (χ1) is 17.1. The minimum Gasteiger partial charge on any atom is -0.356 e. The summed E-state index contributed by atoms with van der Waals surface area (Å²) in [5, 5.41) is 0. The van der Waals surface area contributed by atoms with Gasteiger partial charge in [-0.1, -0.05) is 99.1 Å². The molecule has 35 heavy (non-hydrogen) atoms. The molecule has 0 saturated heterocycles. The molecule has 0 bridgehead atoms. The first kappa shape index (κ1) is 24.7. The van der Waals surface area contributed by atoms with Gasteiger partial charge in [0.1, 0.15) is 0 Å². The molecule has 0 radical (unpaired) electrons. The van der Waals surface area contributed by atoms with E-state index in [9.17, 15) is 4.79 Å². The molecule has 180 valence electrons. The SMILES string of the molecule is CCCc1cccc(-c2cn(C)cc(-c3ccc(CCCC(CC)c4ccccc4)cc3)c2=O)c1. The predicted octanol–water partition coefficient (Wildman–Crippen LogP) is 8.19. The van der Waals surface area contributed by atoms with Crippen LogP contribution in [0.3, 0.4) is 0 Å². The van der Waals surface area contributed by atoms with E-state index in [1.54, 1.807) is 0 Å². The lowest BCUT2D eigenvalue weighted by molar-refractivity contribution is 0.576. The van der Waals surface area contributed by atoms with E-state index in [1.807, 2.05) is 30.1 Å². The highest BCUT2D eigenvalue weighted by Gasteiger charge is 2.12. The molecule has 1 aromatic heterocycles. The number of rotatable bonds is 10. The largest absolute Gasteiger partial charge is 0.356 e. The van der Waals surface area contributed by atoms with Gasteiger partial charge in [-0.3, -0.25) is 4.79 Å². The number of aromatic nitrogens is 1. The molecule has 1 heterocycles. The summed E-state index contributed by atoms with van der Waals surface area (Å²) in [5.41, 5.74) is 7.65. The van der Waals surface area contributed by atoms with Gasteiger partial charge < -0.3 is 4.57 Å². The van der Waals surface area contributed by atoms with Crippen molar-refractivity contribution in [3.8, 4) is 22.3 Å². The van der Waals surface area contributed by atoms with Crippen LogP contribution in [-0.2, 0) is 19.9 Å². The molecule has 0 N–H and O–H groups in total. The lowest BCUT2D eigenvalue weighted by Crippen LogP contribution is -2.11. The maximum Gasteiger partial charge on any atom is 0.197 e. The molecule has 0 aliphatic carbocycles. The molecule has 3 aromatic carbocycles. The van der Waals surface area contributed by atoms with Gasteiger partial charge in [-0.15, -0.1) is 0 Å². The third-order valence-corrected chi connectivity index (χ3v) is 6.98. The van der Waals surface area contributed by atoms with Gasteiger partial charge >= 0.3 is 0 Å². The van der Waals surface area contributed by atoms with Crippen LogP contribution in [0.25, 0.3) is 22.3 Å². The minimum atomic E-state index is 0.0955. The number of hydrogen-bond donors (Lipinski definition) is 0. The van der Waals surface area contributed by atoms with Crippen LogP contribution in [0.1, 0.15) is 62.1 Å². The van der Waals surface area contributed by atoms with E-state index in [-0.39, 0.29) is 5.43 Å². The number of aryl methyl sites for hydroxylation is 3. The van der Waals surface area contributed by atoms with Crippen molar-refractivity contribution in [3.05, 3.63) is 118 Å². The van der Waals surface area contributed by atoms with Crippen molar-refractivity contribution in [2.75, 3.05) is 0 Å². The molecule has 4 rings (SSSR count). The second kappa shape index (κ2) is 11.8. The lowest BCUT2D eigenvalue weighted by atomic mass is 9.90. The van der Waals surface area contributed by atoms with Crippen LogP contribution in [0.5, 0.6) is 0 Å². The average Bonchev–Trinajstić information content (AvgIpc) is 2.89. The van der Waals surface area contributed by atoms with Crippen LogP contribution in [0.15, 0.2) is 96.1 Å². The van der Waals surface area contributed by atoms with Crippen LogP contribution in [0.2, 0.25) is 0 Å². The monoisotopic (exact) mass is 463 g/mol. The van der Waals surface area contributed by atoms with Crippen molar-refractivity contribution in [1.82, 2.24) is 4.57 Å². The topological polar surface area (TPSA) is 22.0 Å². The van der Waals surface area contributed by atoms with Gasteiger partial charge in [0.25, 0.3) is 0 Å². The minimum absolute atomic E-state index is 0.0955. The summed E-state index contributed by atoms with van der Waals surface area (Å²) in [7, 11) is 1.99. The number of benzene rings is 3. The summed E-state index contributed by atoms with van der Waals surface area (Å²) >= 11 is 0. The lowest BCUT2D eigenvalue weighted by Gasteiger charge is -2.15. The van der Waals surface area contributed by atoms with Gasteiger partial charge in [-0.05, 0) is 65.8 Å². The van der Waals surface area contributed by atoms with Crippen molar-refractivity contribution in [2.45, 2.75) is 58.3 Å². The standard InChI is InChI=1S/C33H37NO/c1-4-11-26-13-10-17-30(22-26)32-24-34(3)23-31(33(32)35)29-20-18-25(19-21-29)12-9-16-27(5-2)28-14-7-6-8-15-28/h6-8,10,13-15,17-24,27H,4-5,9,11-12,16H2,1-3H3. The fourth-order valence-corrected chi connectivity index (χ4v) is 5.04. The van der Waals surface area contributed by atoms with Crippen molar-refractivity contribution in [1.29, 1.82) is 0 Å². The highest BCUT2D eigenvalue weighted by atomic mass is 16.1. The Balaban J connectivity index is 1.49. The normalized spacial score (nSPS) is 12.0. The van der Waals surface area contributed by atoms with Crippen LogP contribution in [0, 0.1) is 0 Å². The molecule has 0 saturated carbocycles. The number of pyridine rings is 1. The van der Waals surface area contributed by atoms with E-state index < -0.39 is 0 Å². The summed E-state index contributed by atoms with van der Waals surface area (Å²) in [4.78, 5) is 13.5. The van der Waals surface area contributed by atoms with Gasteiger partial charge in [0.15, 0.2) is 5.43 Å². The van der Waals surface area contributed by atoms with Crippen LogP contribution >= 0.6 is 0 Å². The Morgan fingerprint density at radius 2 is 1.46 bits per heavy atom. The molecule has 2 heteroatoms.